The fraction of sp³-hybridized carbons (Fsp3) is 0.389. The van der Waals surface area contributed by atoms with Crippen molar-refractivity contribution in [3.05, 3.63) is 30.4 Å². The average molecular weight is 439 g/mol. The molecular formula is C18H17F4N7O2. The number of halogens is 4. The van der Waals surface area contributed by atoms with Gasteiger partial charge in [0.05, 0.1) is 17.4 Å². The Labute approximate surface area is 173 Å². The third kappa shape index (κ3) is 4.26. The van der Waals surface area contributed by atoms with Crippen LogP contribution in [0.4, 0.5) is 29.2 Å². The van der Waals surface area contributed by atoms with Gasteiger partial charge < -0.3 is 15.0 Å². The van der Waals surface area contributed by atoms with E-state index in [4.69, 9.17) is 4.74 Å². The van der Waals surface area contributed by atoms with E-state index >= 15 is 0 Å². The predicted molar refractivity (Wildman–Crippen MR) is 101 cm³/mol. The number of anilines is 2. The van der Waals surface area contributed by atoms with Gasteiger partial charge in [0.1, 0.15) is 19.2 Å². The fourth-order valence-corrected chi connectivity index (χ4v) is 3.14. The maximum Gasteiger partial charge on any atom is 0.303 e. The molecule has 13 heteroatoms. The van der Waals surface area contributed by atoms with E-state index in [1.54, 1.807) is 0 Å². The first-order valence-electron chi connectivity index (χ1n) is 9.12. The normalized spacial score (nSPS) is 16.5. The van der Waals surface area contributed by atoms with E-state index in [2.05, 4.69) is 25.4 Å². The van der Waals surface area contributed by atoms with Crippen molar-refractivity contribution in [2.24, 2.45) is 0 Å². The van der Waals surface area contributed by atoms with Crippen LogP contribution in [0.25, 0.3) is 16.7 Å². The van der Waals surface area contributed by atoms with Crippen LogP contribution in [0.5, 0.6) is 0 Å². The van der Waals surface area contributed by atoms with Crippen LogP contribution in [0.15, 0.2) is 24.5 Å². The summed E-state index contributed by atoms with van der Waals surface area (Å²) in [6.45, 7) is 0.451. The molecule has 0 bridgehead atoms. The van der Waals surface area contributed by atoms with Crippen LogP contribution in [0.2, 0.25) is 0 Å². The molecule has 0 radical (unpaired) electrons. The standard InChI is InChI=1S/C18H17F4N7O2/c1-10(30)25-13-5-12-11(6-24-13)15(28-7-18(21,22)8-31-9-28)27-29(12)14-3-4-23-16(26-14)17(2,19)20/h3-6H,7-9H2,1-2H3,(H,24,25,30). The number of nitrogens with zero attached hydrogens (tertiary/aromatic N) is 6. The van der Waals surface area contributed by atoms with E-state index in [1.165, 1.54) is 34.8 Å². The number of alkyl halides is 4. The van der Waals surface area contributed by atoms with Gasteiger partial charge in [0.2, 0.25) is 11.7 Å². The third-order valence-corrected chi connectivity index (χ3v) is 4.38. The van der Waals surface area contributed by atoms with Gasteiger partial charge in [-0.3, -0.25) is 4.79 Å². The molecule has 1 aliphatic heterocycles. The first kappa shape index (κ1) is 20.9. The number of carbonyl (C=O) groups is 1. The first-order chi connectivity index (χ1) is 14.5. The van der Waals surface area contributed by atoms with Crippen molar-refractivity contribution in [2.75, 3.05) is 30.1 Å². The van der Waals surface area contributed by atoms with Crippen LogP contribution in [-0.2, 0) is 15.5 Å². The number of carbonyl (C=O) groups excluding carboxylic acids is 1. The Morgan fingerprint density at radius 1 is 1.32 bits per heavy atom. The molecule has 3 aromatic heterocycles. The smallest absolute Gasteiger partial charge is 0.303 e. The SMILES string of the molecule is CC(=O)Nc1cc2c(cn1)c(N1COCC(F)(F)C1)nn2-c1ccnc(C(C)(F)F)n1. The molecule has 31 heavy (non-hydrogen) atoms. The zero-order valence-electron chi connectivity index (χ0n) is 16.4. The number of hydrogen-bond acceptors (Lipinski definition) is 7. The van der Waals surface area contributed by atoms with Crippen molar-refractivity contribution in [3.63, 3.8) is 0 Å². The zero-order chi connectivity index (χ0) is 22.4. The Kier molecular flexibility index (Phi) is 5.00. The topological polar surface area (TPSA) is 98.1 Å². The van der Waals surface area contributed by atoms with Crippen molar-refractivity contribution in [2.45, 2.75) is 25.7 Å². The molecule has 0 aliphatic carbocycles. The third-order valence-electron chi connectivity index (χ3n) is 4.38. The summed E-state index contributed by atoms with van der Waals surface area (Å²) >= 11 is 0. The van der Waals surface area contributed by atoms with Gasteiger partial charge in [-0.05, 0) is 0 Å². The highest BCUT2D eigenvalue weighted by Gasteiger charge is 2.38. The molecule has 4 heterocycles. The molecule has 0 aromatic carbocycles. The van der Waals surface area contributed by atoms with Crippen molar-refractivity contribution < 1.29 is 27.1 Å². The number of amides is 1. The summed E-state index contributed by atoms with van der Waals surface area (Å²) in [6, 6.07) is 2.80. The van der Waals surface area contributed by atoms with Gasteiger partial charge in [-0.15, -0.1) is 5.10 Å². The van der Waals surface area contributed by atoms with Crippen LogP contribution in [-0.4, -0.2) is 56.4 Å². The number of aromatic nitrogens is 5. The molecule has 4 rings (SSSR count). The number of rotatable bonds is 4. The van der Waals surface area contributed by atoms with Gasteiger partial charge in [-0.2, -0.15) is 8.78 Å². The maximum absolute atomic E-state index is 13.9. The van der Waals surface area contributed by atoms with E-state index in [-0.39, 0.29) is 30.1 Å². The van der Waals surface area contributed by atoms with Crippen molar-refractivity contribution in [3.8, 4) is 5.82 Å². The average Bonchev–Trinajstić information content (AvgIpc) is 3.05. The second kappa shape index (κ2) is 7.41. The van der Waals surface area contributed by atoms with Crippen LogP contribution in [0.1, 0.15) is 19.7 Å². The molecular weight excluding hydrogens is 422 g/mol. The van der Waals surface area contributed by atoms with Crippen LogP contribution >= 0.6 is 0 Å². The van der Waals surface area contributed by atoms with Gasteiger partial charge in [0, 0.05) is 38.4 Å². The molecule has 0 spiro atoms. The Morgan fingerprint density at radius 2 is 2.10 bits per heavy atom. The summed E-state index contributed by atoms with van der Waals surface area (Å²) < 4.78 is 61.4. The molecule has 1 N–H and O–H groups in total. The highest BCUT2D eigenvalue weighted by molar-refractivity contribution is 5.95. The van der Waals surface area contributed by atoms with Gasteiger partial charge in [0.25, 0.3) is 5.92 Å². The van der Waals surface area contributed by atoms with Crippen LogP contribution < -0.4 is 10.2 Å². The van der Waals surface area contributed by atoms with E-state index in [9.17, 15) is 22.4 Å². The Bertz CT molecular complexity index is 1150. The molecule has 3 aromatic rings. The van der Waals surface area contributed by atoms with Gasteiger partial charge in [-0.25, -0.2) is 28.4 Å². The van der Waals surface area contributed by atoms with Gasteiger partial charge >= 0.3 is 5.92 Å². The maximum atomic E-state index is 13.9. The van der Waals surface area contributed by atoms with Crippen LogP contribution in [0, 0.1) is 0 Å². The zero-order valence-corrected chi connectivity index (χ0v) is 16.4. The summed E-state index contributed by atoms with van der Waals surface area (Å²) in [4.78, 5) is 24.2. The van der Waals surface area contributed by atoms with Crippen LogP contribution in [0.3, 0.4) is 0 Å². The number of pyridine rings is 1. The van der Waals surface area contributed by atoms with Crippen molar-refractivity contribution >= 4 is 28.4 Å². The lowest BCUT2D eigenvalue weighted by atomic mass is 10.2. The molecule has 1 fully saturated rings. The molecule has 1 amide bonds. The molecule has 1 saturated heterocycles. The lowest BCUT2D eigenvalue weighted by Crippen LogP contribution is -2.47. The Morgan fingerprint density at radius 3 is 2.77 bits per heavy atom. The monoisotopic (exact) mass is 439 g/mol. The summed E-state index contributed by atoms with van der Waals surface area (Å²) in [6.07, 6.45) is 2.50. The highest BCUT2D eigenvalue weighted by Crippen LogP contribution is 2.33. The minimum Gasteiger partial charge on any atom is -0.355 e. The Balaban J connectivity index is 1.88. The van der Waals surface area contributed by atoms with Gasteiger partial charge in [-0.1, -0.05) is 0 Å². The minimum absolute atomic E-state index is 0.00700. The summed E-state index contributed by atoms with van der Waals surface area (Å²) in [5, 5.41) is 7.19. The van der Waals surface area contributed by atoms with Crippen molar-refractivity contribution in [1.29, 1.82) is 0 Å². The van der Waals surface area contributed by atoms with E-state index in [0.29, 0.717) is 17.8 Å². The summed E-state index contributed by atoms with van der Waals surface area (Å²) in [5.74, 6) is -7.22. The molecule has 0 unspecified atom stereocenters. The quantitative estimate of drug-likeness (QED) is 0.624. The summed E-state index contributed by atoms with van der Waals surface area (Å²) in [5.41, 5.74) is 0.312. The molecule has 0 saturated carbocycles. The molecule has 164 valence electrons. The van der Waals surface area contributed by atoms with Crippen molar-refractivity contribution in [1.82, 2.24) is 24.7 Å². The highest BCUT2D eigenvalue weighted by atomic mass is 19.3. The molecule has 1 aliphatic rings. The lowest BCUT2D eigenvalue weighted by Gasteiger charge is -2.32. The molecule has 0 atom stereocenters. The first-order valence-corrected chi connectivity index (χ1v) is 9.12. The number of nitrogens with one attached hydrogen (secondary N) is 1. The number of hydrogen-bond donors (Lipinski definition) is 1. The second-order valence-electron chi connectivity index (χ2n) is 7.16. The summed E-state index contributed by atoms with van der Waals surface area (Å²) in [7, 11) is 0. The minimum atomic E-state index is -3.30. The van der Waals surface area contributed by atoms with E-state index in [0.717, 1.165) is 6.20 Å². The molecule has 9 nitrogen and oxygen atoms in total. The largest absolute Gasteiger partial charge is 0.355 e. The predicted octanol–water partition coefficient (Wildman–Crippen LogP) is 2.71. The van der Waals surface area contributed by atoms with Gasteiger partial charge in [0.15, 0.2) is 11.6 Å². The number of fused-ring (bicyclic) bond motifs is 1. The lowest BCUT2D eigenvalue weighted by molar-refractivity contribution is -0.114. The second-order valence-corrected chi connectivity index (χ2v) is 7.16. The van der Waals surface area contributed by atoms with E-state index < -0.39 is 30.8 Å². The number of ether oxygens (including phenoxy) is 1. The van der Waals surface area contributed by atoms with E-state index in [1.807, 2.05) is 0 Å². The fourth-order valence-electron chi connectivity index (χ4n) is 3.14. The Hall–Kier alpha value is -3.35.